The molecule has 4 rings (SSSR count). The van der Waals surface area contributed by atoms with Gasteiger partial charge in [0.25, 0.3) is 5.56 Å². The number of nitrogens with zero attached hydrogens (tertiary/aromatic N) is 3. The summed E-state index contributed by atoms with van der Waals surface area (Å²) in [5.41, 5.74) is -0.401. The Morgan fingerprint density at radius 2 is 1.93 bits per heavy atom. The van der Waals surface area contributed by atoms with Crippen molar-refractivity contribution < 1.29 is 24.2 Å². The Hall–Kier alpha value is -2.88. The molecule has 0 radical (unpaired) electrons. The van der Waals surface area contributed by atoms with Gasteiger partial charge >= 0.3 is 6.09 Å². The van der Waals surface area contributed by atoms with Crippen molar-refractivity contribution >= 4 is 23.6 Å². The van der Waals surface area contributed by atoms with Gasteiger partial charge in [-0.25, -0.2) is 4.79 Å². The lowest BCUT2D eigenvalue weighted by Gasteiger charge is -2.45. The van der Waals surface area contributed by atoms with E-state index in [0.29, 0.717) is 23.6 Å². The highest BCUT2D eigenvalue weighted by molar-refractivity contribution is 6.31. The highest BCUT2D eigenvalue weighted by atomic mass is 35.5. The van der Waals surface area contributed by atoms with E-state index in [2.05, 4.69) is 0 Å². The third-order valence-corrected chi connectivity index (χ3v) is 7.98. The number of aliphatic hydroxyl groups is 1. The number of carbonyl (C=O) groups excluding carboxylic acids is 2. The molecule has 1 aromatic carbocycles. The molecule has 1 aliphatic carbocycles. The molecule has 2 fully saturated rings. The Morgan fingerprint density at radius 1 is 1.20 bits per heavy atom. The van der Waals surface area contributed by atoms with E-state index in [4.69, 9.17) is 21.1 Å². The van der Waals surface area contributed by atoms with Crippen LogP contribution in [0.3, 0.4) is 0 Å². The van der Waals surface area contributed by atoms with Gasteiger partial charge in [-0.15, -0.1) is 0 Å². The average Bonchev–Trinajstić information content (AvgIpc) is 3.73. The second-order valence-corrected chi connectivity index (χ2v) is 12.3. The largest absolute Gasteiger partial charge is 0.444 e. The molecule has 2 heterocycles. The monoisotopic (exact) mass is 573 g/mol. The molecule has 2 atom stereocenters. The molecule has 1 N–H and O–H groups in total. The lowest BCUT2D eigenvalue weighted by Crippen LogP contribution is -2.58. The SMILES string of the molecule is COCCc1ccc(Cl)c(CN(C(=O)C2CN(C(=O)OC(C)(C)C)CCC2(O)c2ccn(C)c(=O)c2)C2CC2)c1. The van der Waals surface area contributed by atoms with Crippen LogP contribution in [0.5, 0.6) is 0 Å². The summed E-state index contributed by atoms with van der Waals surface area (Å²) in [5.74, 6) is -1.28. The molecular formula is C30H40ClN3O6. The van der Waals surface area contributed by atoms with E-state index in [9.17, 15) is 19.5 Å². The van der Waals surface area contributed by atoms with E-state index >= 15 is 0 Å². The maximum atomic E-state index is 14.4. The van der Waals surface area contributed by atoms with Gasteiger partial charge in [-0.1, -0.05) is 23.7 Å². The Balaban J connectivity index is 1.68. The van der Waals surface area contributed by atoms with Crippen molar-refractivity contribution in [3.8, 4) is 0 Å². The van der Waals surface area contributed by atoms with E-state index in [1.165, 1.54) is 15.5 Å². The number of hydrogen-bond acceptors (Lipinski definition) is 6. The molecule has 2 aromatic rings. The maximum absolute atomic E-state index is 14.4. The van der Waals surface area contributed by atoms with Crippen LogP contribution in [0.4, 0.5) is 4.79 Å². The van der Waals surface area contributed by atoms with E-state index in [1.807, 2.05) is 18.2 Å². The molecule has 0 bridgehead atoms. The van der Waals surface area contributed by atoms with Gasteiger partial charge in [0.15, 0.2) is 0 Å². The first kappa shape index (κ1) is 30.1. The Labute approximate surface area is 240 Å². The summed E-state index contributed by atoms with van der Waals surface area (Å²) in [6.07, 6.45) is 3.54. The summed E-state index contributed by atoms with van der Waals surface area (Å²) in [7, 11) is 3.28. The van der Waals surface area contributed by atoms with Crippen LogP contribution in [0, 0.1) is 5.92 Å². The molecule has 2 aliphatic rings. The molecule has 9 nitrogen and oxygen atoms in total. The van der Waals surface area contributed by atoms with E-state index in [0.717, 1.165) is 24.0 Å². The van der Waals surface area contributed by atoms with Crippen molar-refractivity contribution in [1.29, 1.82) is 0 Å². The second kappa shape index (κ2) is 11.9. The number of methoxy groups -OCH3 is 1. The van der Waals surface area contributed by atoms with Crippen LogP contribution in [0.25, 0.3) is 0 Å². The minimum Gasteiger partial charge on any atom is -0.444 e. The molecule has 2 amide bonds. The zero-order valence-electron chi connectivity index (χ0n) is 24.0. The molecule has 1 aromatic heterocycles. The van der Waals surface area contributed by atoms with Gasteiger partial charge in [0.2, 0.25) is 5.91 Å². The Kier molecular flexibility index (Phi) is 8.97. The smallest absolute Gasteiger partial charge is 0.410 e. The molecule has 0 spiro atoms. The van der Waals surface area contributed by atoms with Crippen molar-refractivity contribution in [2.45, 2.75) is 70.2 Å². The van der Waals surface area contributed by atoms with E-state index in [-0.39, 0.29) is 43.6 Å². The molecule has 2 unspecified atom stereocenters. The van der Waals surface area contributed by atoms with E-state index in [1.54, 1.807) is 52.1 Å². The quantitative estimate of drug-likeness (QED) is 0.514. The van der Waals surface area contributed by atoms with Gasteiger partial charge in [0.1, 0.15) is 11.2 Å². The normalized spacial score (nSPS) is 21.3. The first-order valence-corrected chi connectivity index (χ1v) is 14.1. The van der Waals surface area contributed by atoms with Crippen LogP contribution < -0.4 is 5.56 Å². The summed E-state index contributed by atoms with van der Waals surface area (Å²) >= 11 is 6.58. The van der Waals surface area contributed by atoms with Gasteiger partial charge in [0, 0.05) is 57.1 Å². The summed E-state index contributed by atoms with van der Waals surface area (Å²) in [6.45, 7) is 6.34. The minimum atomic E-state index is -1.64. The standard InChI is InChI=1S/C30H40ClN3O6/c1-29(2,3)40-28(37)33-14-12-30(38,22-10-13-32(4)26(35)17-22)24(19-33)27(36)34(23-7-8-23)18-21-16-20(11-15-39-5)6-9-25(21)31/h6,9-10,13,16-17,23-24,38H,7-8,11-12,14-15,18-19H2,1-5H3. The lowest BCUT2D eigenvalue weighted by atomic mass is 9.75. The molecule has 1 aliphatic heterocycles. The summed E-state index contributed by atoms with van der Waals surface area (Å²) in [4.78, 5) is 43.2. The third-order valence-electron chi connectivity index (χ3n) is 7.61. The zero-order chi connectivity index (χ0) is 29.2. The summed E-state index contributed by atoms with van der Waals surface area (Å²) < 4.78 is 12.2. The van der Waals surface area contributed by atoms with Crippen molar-refractivity contribution in [1.82, 2.24) is 14.4 Å². The first-order valence-electron chi connectivity index (χ1n) is 13.8. The van der Waals surface area contributed by atoms with Crippen LogP contribution in [0.1, 0.15) is 56.7 Å². The fourth-order valence-electron chi connectivity index (χ4n) is 5.16. The number of piperidine rings is 1. The molecule has 40 heavy (non-hydrogen) atoms. The number of aromatic nitrogens is 1. The second-order valence-electron chi connectivity index (χ2n) is 11.9. The average molecular weight is 574 g/mol. The number of carbonyl (C=O) groups is 2. The van der Waals surface area contributed by atoms with Crippen LogP contribution in [-0.2, 0) is 39.9 Å². The number of halogens is 1. The number of benzene rings is 1. The predicted molar refractivity (Wildman–Crippen MR) is 152 cm³/mol. The van der Waals surface area contributed by atoms with Crippen molar-refractivity contribution in [2.24, 2.45) is 13.0 Å². The highest BCUT2D eigenvalue weighted by Gasteiger charge is 2.51. The first-order chi connectivity index (χ1) is 18.8. The number of rotatable bonds is 8. The number of hydrogen-bond donors (Lipinski definition) is 1. The molecule has 218 valence electrons. The number of pyridine rings is 1. The van der Waals surface area contributed by atoms with E-state index < -0.39 is 23.2 Å². The number of aryl methyl sites for hydroxylation is 1. The fraction of sp³-hybridized carbons (Fsp3) is 0.567. The van der Waals surface area contributed by atoms with Crippen LogP contribution in [-0.4, -0.2) is 69.9 Å². The molecule has 1 saturated carbocycles. The Bertz CT molecular complexity index is 1300. The number of amides is 2. The zero-order valence-corrected chi connectivity index (χ0v) is 24.7. The lowest BCUT2D eigenvalue weighted by molar-refractivity contribution is -0.155. The topological polar surface area (TPSA) is 101 Å². The number of ether oxygens (including phenoxy) is 2. The van der Waals surface area contributed by atoms with Crippen molar-refractivity contribution in [2.75, 3.05) is 26.8 Å². The van der Waals surface area contributed by atoms with Gasteiger partial charge in [-0.05, 0) is 75.3 Å². The van der Waals surface area contributed by atoms with Gasteiger partial charge in [-0.3, -0.25) is 9.59 Å². The van der Waals surface area contributed by atoms with Gasteiger partial charge < -0.3 is 28.9 Å². The van der Waals surface area contributed by atoms with Gasteiger partial charge in [0.05, 0.1) is 12.5 Å². The van der Waals surface area contributed by atoms with Crippen molar-refractivity contribution in [3.05, 3.63) is 68.6 Å². The molecule has 1 saturated heterocycles. The third kappa shape index (κ3) is 6.87. The predicted octanol–water partition coefficient (Wildman–Crippen LogP) is 3.86. The maximum Gasteiger partial charge on any atom is 0.410 e. The van der Waals surface area contributed by atoms with Crippen LogP contribution >= 0.6 is 11.6 Å². The van der Waals surface area contributed by atoms with Crippen LogP contribution in [0.15, 0.2) is 41.3 Å². The van der Waals surface area contributed by atoms with Crippen LogP contribution in [0.2, 0.25) is 5.02 Å². The summed E-state index contributed by atoms with van der Waals surface area (Å²) in [5, 5.41) is 12.7. The number of likely N-dealkylation sites (tertiary alicyclic amines) is 1. The van der Waals surface area contributed by atoms with Crippen molar-refractivity contribution in [3.63, 3.8) is 0 Å². The minimum absolute atomic E-state index is 0.0102. The highest BCUT2D eigenvalue weighted by Crippen LogP contribution is 2.41. The molecule has 10 heteroatoms. The summed E-state index contributed by atoms with van der Waals surface area (Å²) in [6, 6.07) is 8.83. The fourth-order valence-corrected chi connectivity index (χ4v) is 5.34. The Morgan fingerprint density at radius 3 is 2.55 bits per heavy atom. The molecular weight excluding hydrogens is 534 g/mol. The van der Waals surface area contributed by atoms with Gasteiger partial charge in [-0.2, -0.15) is 0 Å².